The molecule has 0 spiro atoms. The summed E-state index contributed by atoms with van der Waals surface area (Å²) in [5.74, 6) is 1.33. The topological polar surface area (TPSA) is 75.9 Å². The zero-order valence-electron chi connectivity index (χ0n) is 14.3. The summed E-state index contributed by atoms with van der Waals surface area (Å²) in [7, 11) is 3.02. The lowest BCUT2D eigenvalue weighted by molar-refractivity contribution is 0.0599. The number of hydrogen-bond donors (Lipinski definition) is 2. The minimum absolute atomic E-state index is 0. The lowest BCUT2D eigenvalue weighted by atomic mass is 10.2. The van der Waals surface area contributed by atoms with Gasteiger partial charge in [-0.25, -0.2) is 4.79 Å². The van der Waals surface area contributed by atoms with Crippen molar-refractivity contribution < 1.29 is 13.9 Å². The number of nitrogens with zero attached hydrogens (tertiary/aromatic N) is 1. The van der Waals surface area contributed by atoms with Gasteiger partial charge >= 0.3 is 5.97 Å². The number of guanidine groups is 1. The number of nitrogens with one attached hydrogen (secondary N) is 2. The zero-order chi connectivity index (χ0) is 17.5. The van der Waals surface area contributed by atoms with Crippen molar-refractivity contribution >= 4 is 47.5 Å². The molecule has 2 aromatic rings. The van der Waals surface area contributed by atoms with Crippen molar-refractivity contribution in [3.05, 3.63) is 58.0 Å². The Kier molecular flexibility index (Phi) is 8.77. The van der Waals surface area contributed by atoms with Crippen LogP contribution in [0, 0.1) is 6.92 Å². The first-order chi connectivity index (χ1) is 11.5. The largest absolute Gasteiger partial charge is 0.465 e. The van der Waals surface area contributed by atoms with E-state index in [-0.39, 0.29) is 24.0 Å². The van der Waals surface area contributed by atoms with Crippen LogP contribution in [0.25, 0.3) is 0 Å². The minimum atomic E-state index is -0.413. The SMILES string of the molecule is CN=C(NCc1cc(C(=O)OC)c(C)o1)NCc1ccccc1Cl.I. The fraction of sp³-hybridized carbons (Fsp3) is 0.294. The molecule has 0 saturated heterocycles. The number of aliphatic imine (C=N–C) groups is 1. The molecule has 0 bridgehead atoms. The molecule has 0 saturated carbocycles. The van der Waals surface area contributed by atoms with Crippen LogP contribution in [0.15, 0.2) is 39.7 Å². The number of benzene rings is 1. The highest BCUT2D eigenvalue weighted by Crippen LogP contribution is 2.16. The molecule has 2 rings (SSSR count). The van der Waals surface area contributed by atoms with Crippen molar-refractivity contribution in [2.24, 2.45) is 4.99 Å². The summed E-state index contributed by atoms with van der Waals surface area (Å²) in [4.78, 5) is 15.7. The summed E-state index contributed by atoms with van der Waals surface area (Å²) < 4.78 is 10.3. The number of esters is 1. The predicted octanol–water partition coefficient (Wildman–Crippen LogP) is 3.51. The summed E-state index contributed by atoms with van der Waals surface area (Å²) >= 11 is 6.13. The highest BCUT2D eigenvalue weighted by atomic mass is 127. The van der Waals surface area contributed by atoms with E-state index in [9.17, 15) is 4.79 Å². The molecule has 0 aliphatic carbocycles. The molecule has 2 N–H and O–H groups in total. The molecule has 0 fully saturated rings. The van der Waals surface area contributed by atoms with Gasteiger partial charge in [0, 0.05) is 18.6 Å². The van der Waals surface area contributed by atoms with Crippen molar-refractivity contribution in [1.82, 2.24) is 10.6 Å². The zero-order valence-corrected chi connectivity index (χ0v) is 17.3. The fourth-order valence-electron chi connectivity index (χ4n) is 2.16. The molecule has 6 nitrogen and oxygen atoms in total. The van der Waals surface area contributed by atoms with Gasteiger partial charge in [0.05, 0.1) is 13.7 Å². The third-order valence-electron chi connectivity index (χ3n) is 3.43. The lowest BCUT2D eigenvalue weighted by Crippen LogP contribution is -2.36. The Hall–Kier alpha value is -1.74. The third kappa shape index (κ3) is 5.93. The average Bonchev–Trinajstić information content (AvgIpc) is 2.96. The first kappa shape index (κ1) is 21.3. The summed E-state index contributed by atoms with van der Waals surface area (Å²) in [5.41, 5.74) is 1.40. The van der Waals surface area contributed by atoms with Gasteiger partial charge in [-0.15, -0.1) is 24.0 Å². The van der Waals surface area contributed by atoms with Crippen molar-refractivity contribution in [3.63, 3.8) is 0 Å². The number of halogens is 2. The van der Waals surface area contributed by atoms with Crippen LogP contribution in [-0.4, -0.2) is 26.1 Å². The Labute approximate surface area is 169 Å². The Bertz CT molecular complexity index is 746. The second-order valence-corrected chi connectivity index (χ2v) is 5.45. The Morgan fingerprint density at radius 2 is 1.96 bits per heavy atom. The van der Waals surface area contributed by atoms with Crippen LogP contribution in [0.5, 0.6) is 0 Å². The number of furan rings is 1. The van der Waals surface area contributed by atoms with E-state index in [1.165, 1.54) is 7.11 Å². The molecule has 0 radical (unpaired) electrons. The monoisotopic (exact) mass is 477 g/mol. The van der Waals surface area contributed by atoms with Crippen LogP contribution in [0.4, 0.5) is 0 Å². The van der Waals surface area contributed by atoms with Crippen molar-refractivity contribution in [2.45, 2.75) is 20.0 Å². The van der Waals surface area contributed by atoms with Crippen LogP contribution in [-0.2, 0) is 17.8 Å². The van der Waals surface area contributed by atoms with Gasteiger partial charge in [-0.3, -0.25) is 4.99 Å². The number of carbonyl (C=O) groups excluding carboxylic acids is 1. The van der Waals surface area contributed by atoms with E-state index in [0.717, 1.165) is 5.56 Å². The van der Waals surface area contributed by atoms with Gasteiger partial charge in [0.15, 0.2) is 5.96 Å². The second-order valence-electron chi connectivity index (χ2n) is 5.04. The first-order valence-electron chi connectivity index (χ1n) is 7.40. The van der Waals surface area contributed by atoms with Crippen LogP contribution < -0.4 is 10.6 Å². The van der Waals surface area contributed by atoms with Crippen LogP contribution in [0.1, 0.15) is 27.4 Å². The van der Waals surface area contributed by atoms with Gasteiger partial charge in [0.2, 0.25) is 0 Å². The maximum Gasteiger partial charge on any atom is 0.341 e. The van der Waals surface area contributed by atoms with Gasteiger partial charge < -0.3 is 19.8 Å². The van der Waals surface area contributed by atoms with Gasteiger partial charge in [-0.1, -0.05) is 29.8 Å². The Balaban J connectivity index is 0.00000312. The molecule has 1 aromatic carbocycles. The molecular weight excluding hydrogens is 457 g/mol. The molecule has 1 heterocycles. The lowest BCUT2D eigenvalue weighted by Gasteiger charge is -2.11. The molecule has 8 heteroatoms. The number of methoxy groups -OCH3 is 1. The van der Waals surface area contributed by atoms with Crippen molar-refractivity contribution in [1.29, 1.82) is 0 Å². The number of ether oxygens (including phenoxy) is 1. The van der Waals surface area contributed by atoms with E-state index in [2.05, 4.69) is 15.6 Å². The summed E-state index contributed by atoms with van der Waals surface area (Å²) in [6.07, 6.45) is 0. The molecule has 0 aliphatic rings. The average molecular weight is 478 g/mol. The van der Waals surface area contributed by atoms with Crippen LogP contribution >= 0.6 is 35.6 Å². The van der Waals surface area contributed by atoms with Crippen LogP contribution in [0.3, 0.4) is 0 Å². The van der Waals surface area contributed by atoms with Gasteiger partial charge in [-0.05, 0) is 24.6 Å². The molecular formula is C17H21ClIN3O3. The molecule has 0 amide bonds. The van der Waals surface area contributed by atoms with Crippen molar-refractivity contribution in [3.8, 4) is 0 Å². The second kappa shape index (κ2) is 10.3. The van der Waals surface area contributed by atoms with Crippen molar-refractivity contribution in [2.75, 3.05) is 14.2 Å². The standard InChI is InChI=1S/C17H20ClN3O3.HI/c1-11-14(16(22)23-3)8-13(24-11)10-21-17(19-2)20-9-12-6-4-5-7-15(12)18;/h4-8H,9-10H2,1-3H3,(H2,19,20,21);1H. The highest BCUT2D eigenvalue weighted by molar-refractivity contribution is 14.0. The molecule has 1 aromatic heterocycles. The Morgan fingerprint density at radius 3 is 2.60 bits per heavy atom. The van der Waals surface area contributed by atoms with E-state index in [1.54, 1.807) is 20.0 Å². The van der Waals surface area contributed by atoms with E-state index in [4.69, 9.17) is 20.8 Å². The van der Waals surface area contributed by atoms with Gasteiger partial charge in [0.1, 0.15) is 17.1 Å². The molecule has 0 atom stereocenters. The molecule has 0 unspecified atom stereocenters. The van der Waals surface area contributed by atoms with E-state index < -0.39 is 5.97 Å². The number of hydrogen-bond acceptors (Lipinski definition) is 4. The molecule has 0 aliphatic heterocycles. The molecule has 136 valence electrons. The smallest absolute Gasteiger partial charge is 0.341 e. The summed E-state index contributed by atoms with van der Waals surface area (Å²) in [6.45, 7) is 2.66. The predicted molar refractivity (Wildman–Crippen MR) is 109 cm³/mol. The summed E-state index contributed by atoms with van der Waals surface area (Å²) in [5, 5.41) is 7.00. The number of rotatable bonds is 5. The number of carbonyl (C=O) groups is 1. The third-order valence-corrected chi connectivity index (χ3v) is 3.80. The fourth-order valence-corrected chi connectivity index (χ4v) is 2.36. The number of aryl methyl sites for hydroxylation is 1. The maximum atomic E-state index is 11.6. The minimum Gasteiger partial charge on any atom is -0.465 e. The van der Waals surface area contributed by atoms with Crippen LogP contribution in [0.2, 0.25) is 5.02 Å². The maximum absolute atomic E-state index is 11.6. The summed E-state index contributed by atoms with van der Waals surface area (Å²) in [6, 6.07) is 9.27. The van der Waals surface area contributed by atoms with Gasteiger partial charge in [-0.2, -0.15) is 0 Å². The highest BCUT2D eigenvalue weighted by Gasteiger charge is 2.15. The van der Waals surface area contributed by atoms with E-state index in [0.29, 0.717) is 41.2 Å². The van der Waals surface area contributed by atoms with Gasteiger partial charge in [0.25, 0.3) is 0 Å². The normalized spacial score (nSPS) is 10.8. The van der Waals surface area contributed by atoms with E-state index >= 15 is 0 Å². The quantitative estimate of drug-likeness (QED) is 0.298. The van der Waals surface area contributed by atoms with E-state index in [1.807, 2.05) is 24.3 Å². The molecule has 25 heavy (non-hydrogen) atoms. The Morgan fingerprint density at radius 1 is 1.28 bits per heavy atom. The first-order valence-corrected chi connectivity index (χ1v) is 7.78.